The molecular formula is C15H18BrN5. The number of aromatic nitrogens is 3. The minimum absolute atomic E-state index is 0.815. The number of halogens is 1. The summed E-state index contributed by atoms with van der Waals surface area (Å²) in [4.78, 5) is 17.6. The Morgan fingerprint density at radius 2 is 1.81 bits per heavy atom. The summed E-state index contributed by atoms with van der Waals surface area (Å²) in [6.45, 7) is 7.07. The fraction of sp³-hybridized carbons (Fsp3) is 0.400. The van der Waals surface area contributed by atoms with Crippen molar-refractivity contribution in [1.82, 2.24) is 19.9 Å². The molecule has 0 saturated carbocycles. The van der Waals surface area contributed by atoms with Crippen LogP contribution in [0.2, 0.25) is 0 Å². The van der Waals surface area contributed by atoms with E-state index in [2.05, 4.69) is 53.7 Å². The van der Waals surface area contributed by atoms with Crippen molar-refractivity contribution in [2.24, 2.45) is 0 Å². The van der Waals surface area contributed by atoms with Gasteiger partial charge in [0.05, 0.1) is 4.47 Å². The summed E-state index contributed by atoms with van der Waals surface area (Å²) in [5.41, 5.74) is 2.62. The van der Waals surface area contributed by atoms with Gasteiger partial charge in [0.25, 0.3) is 0 Å². The minimum atomic E-state index is 0.815. The van der Waals surface area contributed by atoms with Gasteiger partial charge in [0.15, 0.2) is 0 Å². The number of hydrogen-bond donors (Lipinski definition) is 0. The first-order valence-electron chi connectivity index (χ1n) is 7.07. The van der Waals surface area contributed by atoms with Gasteiger partial charge in [-0.15, -0.1) is 0 Å². The van der Waals surface area contributed by atoms with Crippen LogP contribution in [-0.4, -0.2) is 46.0 Å². The number of pyridine rings is 1. The lowest BCUT2D eigenvalue weighted by Gasteiger charge is -2.34. The van der Waals surface area contributed by atoms with Crippen molar-refractivity contribution in [1.29, 1.82) is 0 Å². The third kappa shape index (κ3) is 3.57. The second-order valence-electron chi connectivity index (χ2n) is 5.27. The fourth-order valence-electron chi connectivity index (χ4n) is 2.48. The van der Waals surface area contributed by atoms with Gasteiger partial charge in [-0.3, -0.25) is 9.88 Å². The van der Waals surface area contributed by atoms with Crippen LogP contribution >= 0.6 is 15.9 Å². The second kappa shape index (κ2) is 6.49. The summed E-state index contributed by atoms with van der Waals surface area (Å²) in [5, 5.41) is 0. The van der Waals surface area contributed by atoms with Crippen LogP contribution in [0.5, 0.6) is 0 Å². The van der Waals surface area contributed by atoms with E-state index in [4.69, 9.17) is 0 Å². The maximum Gasteiger partial charge on any atom is 0.225 e. The third-order valence-electron chi connectivity index (χ3n) is 3.80. The van der Waals surface area contributed by atoms with E-state index in [0.29, 0.717) is 0 Å². The molecule has 21 heavy (non-hydrogen) atoms. The van der Waals surface area contributed by atoms with Gasteiger partial charge in [-0.05, 0) is 40.0 Å². The Bertz CT molecular complexity index is 593. The number of aryl methyl sites for hydroxylation is 1. The Kier molecular flexibility index (Phi) is 4.45. The summed E-state index contributed by atoms with van der Waals surface area (Å²) in [6.07, 6.45) is 7.42. The maximum absolute atomic E-state index is 4.36. The first-order valence-corrected chi connectivity index (χ1v) is 7.86. The topological polar surface area (TPSA) is 45.2 Å². The molecule has 0 amide bonds. The zero-order valence-electron chi connectivity index (χ0n) is 12.0. The highest BCUT2D eigenvalue weighted by atomic mass is 79.9. The highest BCUT2D eigenvalue weighted by Crippen LogP contribution is 2.15. The van der Waals surface area contributed by atoms with Gasteiger partial charge in [0.2, 0.25) is 5.95 Å². The van der Waals surface area contributed by atoms with Crippen LogP contribution in [0, 0.1) is 6.92 Å². The smallest absolute Gasteiger partial charge is 0.225 e. The molecule has 1 aliphatic heterocycles. The molecule has 0 bridgehead atoms. The molecule has 2 aromatic rings. The Balaban J connectivity index is 1.58. The van der Waals surface area contributed by atoms with E-state index in [0.717, 1.165) is 43.1 Å². The van der Waals surface area contributed by atoms with Crippen molar-refractivity contribution < 1.29 is 0 Å². The molecule has 110 valence electrons. The molecular weight excluding hydrogens is 330 g/mol. The molecule has 3 heterocycles. The number of rotatable bonds is 3. The predicted octanol–water partition coefficient (Wildman–Crippen LogP) is 2.26. The van der Waals surface area contributed by atoms with E-state index in [9.17, 15) is 0 Å². The Hall–Kier alpha value is -1.53. The van der Waals surface area contributed by atoms with E-state index in [1.807, 2.05) is 12.4 Å². The zero-order chi connectivity index (χ0) is 14.7. The van der Waals surface area contributed by atoms with E-state index >= 15 is 0 Å². The van der Waals surface area contributed by atoms with Gasteiger partial charge in [-0.1, -0.05) is 0 Å². The lowest BCUT2D eigenvalue weighted by Crippen LogP contribution is -2.46. The zero-order valence-corrected chi connectivity index (χ0v) is 13.6. The molecule has 3 rings (SSSR count). The maximum atomic E-state index is 4.36. The Morgan fingerprint density at radius 3 is 2.48 bits per heavy atom. The standard InChI is InChI=1S/C15H18BrN5/c1-12-2-3-17-8-13(12)11-20-4-6-21(7-5-20)15-18-9-14(16)10-19-15/h2-3,8-10H,4-7,11H2,1H3. The van der Waals surface area contributed by atoms with Gasteiger partial charge >= 0.3 is 0 Å². The van der Waals surface area contributed by atoms with Crippen molar-refractivity contribution in [3.8, 4) is 0 Å². The lowest BCUT2D eigenvalue weighted by atomic mass is 10.1. The van der Waals surface area contributed by atoms with Crippen LogP contribution < -0.4 is 4.90 Å². The minimum Gasteiger partial charge on any atom is -0.338 e. The summed E-state index contributed by atoms with van der Waals surface area (Å²) in [7, 11) is 0. The summed E-state index contributed by atoms with van der Waals surface area (Å²) < 4.78 is 0.914. The molecule has 0 unspecified atom stereocenters. The summed E-state index contributed by atoms with van der Waals surface area (Å²) in [5.74, 6) is 0.815. The summed E-state index contributed by atoms with van der Waals surface area (Å²) in [6, 6.07) is 2.07. The van der Waals surface area contributed by atoms with Crippen LogP contribution in [0.25, 0.3) is 0 Å². The largest absolute Gasteiger partial charge is 0.338 e. The second-order valence-corrected chi connectivity index (χ2v) is 6.18. The molecule has 2 aromatic heterocycles. The Labute approximate surface area is 133 Å². The van der Waals surface area contributed by atoms with Crippen LogP contribution in [0.4, 0.5) is 5.95 Å². The molecule has 1 aliphatic rings. The van der Waals surface area contributed by atoms with E-state index in [1.54, 1.807) is 12.4 Å². The monoisotopic (exact) mass is 347 g/mol. The van der Waals surface area contributed by atoms with Crippen LogP contribution in [-0.2, 0) is 6.54 Å². The van der Waals surface area contributed by atoms with Crippen molar-refractivity contribution in [3.63, 3.8) is 0 Å². The molecule has 0 aliphatic carbocycles. The van der Waals surface area contributed by atoms with E-state index in [1.165, 1.54) is 11.1 Å². The van der Waals surface area contributed by atoms with E-state index < -0.39 is 0 Å². The third-order valence-corrected chi connectivity index (χ3v) is 4.21. The molecule has 0 atom stereocenters. The van der Waals surface area contributed by atoms with Crippen molar-refractivity contribution >= 4 is 21.9 Å². The average molecular weight is 348 g/mol. The number of hydrogen-bond acceptors (Lipinski definition) is 5. The molecule has 0 aromatic carbocycles. The van der Waals surface area contributed by atoms with Gasteiger partial charge < -0.3 is 4.90 Å². The van der Waals surface area contributed by atoms with Gasteiger partial charge in [-0.25, -0.2) is 9.97 Å². The Morgan fingerprint density at radius 1 is 1.10 bits per heavy atom. The first-order chi connectivity index (χ1) is 10.2. The molecule has 1 saturated heterocycles. The first kappa shape index (κ1) is 14.4. The van der Waals surface area contributed by atoms with Gasteiger partial charge in [-0.2, -0.15) is 0 Å². The predicted molar refractivity (Wildman–Crippen MR) is 86.2 cm³/mol. The average Bonchev–Trinajstić information content (AvgIpc) is 2.51. The molecule has 0 N–H and O–H groups in total. The van der Waals surface area contributed by atoms with Crippen molar-refractivity contribution in [2.45, 2.75) is 13.5 Å². The number of piperazine rings is 1. The molecule has 0 radical (unpaired) electrons. The summed E-state index contributed by atoms with van der Waals surface area (Å²) >= 11 is 3.37. The molecule has 5 nitrogen and oxygen atoms in total. The van der Waals surface area contributed by atoms with Crippen molar-refractivity contribution in [3.05, 3.63) is 46.5 Å². The molecule has 6 heteroatoms. The van der Waals surface area contributed by atoms with Gasteiger partial charge in [0.1, 0.15) is 0 Å². The quantitative estimate of drug-likeness (QED) is 0.852. The van der Waals surface area contributed by atoms with Gasteiger partial charge in [0, 0.05) is 57.5 Å². The van der Waals surface area contributed by atoms with E-state index in [-0.39, 0.29) is 0 Å². The normalized spacial score (nSPS) is 16.2. The lowest BCUT2D eigenvalue weighted by molar-refractivity contribution is 0.248. The fourth-order valence-corrected chi connectivity index (χ4v) is 2.68. The highest BCUT2D eigenvalue weighted by molar-refractivity contribution is 9.10. The number of nitrogens with zero attached hydrogens (tertiary/aromatic N) is 5. The SMILES string of the molecule is Cc1ccncc1CN1CCN(c2ncc(Br)cn2)CC1. The van der Waals surface area contributed by atoms with Crippen molar-refractivity contribution in [2.75, 3.05) is 31.1 Å². The van der Waals surface area contributed by atoms with Crippen LogP contribution in [0.1, 0.15) is 11.1 Å². The highest BCUT2D eigenvalue weighted by Gasteiger charge is 2.19. The van der Waals surface area contributed by atoms with Crippen LogP contribution in [0.3, 0.4) is 0 Å². The molecule has 0 spiro atoms. The number of anilines is 1. The molecule has 1 fully saturated rings. The van der Waals surface area contributed by atoms with Crippen LogP contribution in [0.15, 0.2) is 35.3 Å².